The number of rotatable bonds is 2. The summed E-state index contributed by atoms with van der Waals surface area (Å²) in [5.41, 5.74) is 2.49. The van der Waals surface area contributed by atoms with Crippen LogP contribution in [0.2, 0.25) is 0 Å². The van der Waals surface area contributed by atoms with Crippen molar-refractivity contribution in [1.29, 1.82) is 0 Å². The van der Waals surface area contributed by atoms with Gasteiger partial charge in [-0.25, -0.2) is 0 Å². The van der Waals surface area contributed by atoms with Gasteiger partial charge in [-0.15, -0.1) is 0 Å². The first-order chi connectivity index (χ1) is 8.78. The molecule has 1 aromatic carbocycles. The topological polar surface area (TPSA) is 21.3 Å². The van der Waals surface area contributed by atoms with Crippen molar-refractivity contribution in [3.63, 3.8) is 0 Å². The summed E-state index contributed by atoms with van der Waals surface area (Å²) >= 11 is 1.72. The number of hydrogen-bond donors (Lipinski definition) is 1. The molecule has 1 saturated heterocycles. The van der Waals surface area contributed by atoms with E-state index < -0.39 is 0 Å². The third-order valence-electron chi connectivity index (χ3n) is 3.58. The van der Waals surface area contributed by atoms with Gasteiger partial charge in [0.1, 0.15) is 0 Å². The zero-order valence-electron chi connectivity index (χ0n) is 10.4. The summed E-state index contributed by atoms with van der Waals surface area (Å²) < 4.78 is 6.04. The summed E-state index contributed by atoms with van der Waals surface area (Å²) in [5.74, 6) is 0. The van der Waals surface area contributed by atoms with Gasteiger partial charge in [-0.05, 0) is 34.9 Å². The monoisotopic (exact) mass is 259 g/mol. The predicted molar refractivity (Wildman–Crippen MR) is 74.8 cm³/mol. The summed E-state index contributed by atoms with van der Waals surface area (Å²) in [6.07, 6.45) is 0.188. The van der Waals surface area contributed by atoms with E-state index in [0.29, 0.717) is 6.61 Å². The van der Waals surface area contributed by atoms with Gasteiger partial charge in [0.2, 0.25) is 0 Å². The fourth-order valence-corrected chi connectivity index (χ4v) is 3.06. The maximum Gasteiger partial charge on any atom is 0.0958 e. The van der Waals surface area contributed by atoms with Gasteiger partial charge in [0, 0.05) is 6.54 Å². The molecule has 0 amide bonds. The van der Waals surface area contributed by atoms with Gasteiger partial charge < -0.3 is 10.1 Å². The highest BCUT2D eigenvalue weighted by molar-refractivity contribution is 7.07. The van der Waals surface area contributed by atoms with Gasteiger partial charge in [-0.3, -0.25) is 0 Å². The molecule has 0 bridgehead atoms. The fraction of sp³-hybridized carbons (Fsp3) is 0.333. The molecule has 1 aromatic heterocycles. The Morgan fingerprint density at radius 2 is 2.11 bits per heavy atom. The van der Waals surface area contributed by atoms with E-state index in [1.165, 1.54) is 11.1 Å². The lowest BCUT2D eigenvalue weighted by Crippen LogP contribution is -2.50. The molecule has 18 heavy (non-hydrogen) atoms. The Labute approximate surface area is 112 Å². The SMILES string of the molecule is CC1(c2ccccc2)COC(c2ccsc2)CN1. The quantitative estimate of drug-likeness (QED) is 0.893. The first kappa shape index (κ1) is 11.9. The molecule has 1 aliphatic rings. The van der Waals surface area contributed by atoms with Crippen molar-refractivity contribution >= 4 is 11.3 Å². The van der Waals surface area contributed by atoms with Crippen molar-refractivity contribution in [2.75, 3.05) is 13.2 Å². The Bertz CT molecular complexity index is 486. The van der Waals surface area contributed by atoms with Gasteiger partial charge in [0.15, 0.2) is 0 Å². The van der Waals surface area contributed by atoms with Crippen LogP contribution in [0.5, 0.6) is 0 Å². The van der Waals surface area contributed by atoms with E-state index in [-0.39, 0.29) is 11.6 Å². The summed E-state index contributed by atoms with van der Waals surface area (Å²) in [7, 11) is 0. The lowest BCUT2D eigenvalue weighted by molar-refractivity contribution is -0.0305. The average Bonchev–Trinajstić information content (AvgIpc) is 2.95. The van der Waals surface area contributed by atoms with Gasteiger partial charge >= 0.3 is 0 Å². The molecule has 0 aliphatic carbocycles. The van der Waals surface area contributed by atoms with E-state index in [9.17, 15) is 0 Å². The minimum Gasteiger partial charge on any atom is -0.370 e. The van der Waals surface area contributed by atoms with E-state index in [4.69, 9.17) is 4.74 Å². The molecular formula is C15H17NOS. The summed E-state index contributed by atoms with van der Waals surface area (Å²) in [4.78, 5) is 0. The number of nitrogens with one attached hydrogen (secondary N) is 1. The van der Waals surface area contributed by atoms with E-state index in [2.05, 4.69) is 53.3 Å². The maximum atomic E-state index is 6.04. The molecule has 3 rings (SSSR count). The summed E-state index contributed by atoms with van der Waals surface area (Å²) in [6, 6.07) is 12.6. The van der Waals surface area contributed by atoms with Crippen molar-refractivity contribution in [2.24, 2.45) is 0 Å². The Morgan fingerprint density at radius 3 is 2.72 bits per heavy atom. The van der Waals surface area contributed by atoms with E-state index >= 15 is 0 Å². The lowest BCUT2D eigenvalue weighted by Gasteiger charge is -2.39. The molecular weight excluding hydrogens is 242 g/mol. The number of ether oxygens (including phenoxy) is 1. The van der Waals surface area contributed by atoms with Gasteiger partial charge in [-0.2, -0.15) is 11.3 Å². The third-order valence-corrected chi connectivity index (χ3v) is 4.28. The zero-order valence-corrected chi connectivity index (χ0v) is 11.2. The first-order valence-corrected chi connectivity index (χ1v) is 7.16. The molecule has 1 fully saturated rings. The van der Waals surface area contributed by atoms with Crippen LogP contribution in [0.3, 0.4) is 0 Å². The van der Waals surface area contributed by atoms with Gasteiger partial charge in [0.25, 0.3) is 0 Å². The molecule has 1 aliphatic heterocycles. The van der Waals surface area contributed by atoms with Crippen LogP contribution in [-0.4, -0.2) is 13.2 Å². The van der Waals surface area contributed by atoms with Gasteiger partial charge in [-0.1, -0.05) is 30.3 Å². The average molecular weight is 259 g/mol. The normalized spacial score (nSPS) is 28.2. The standard InChI is InChI=1S/C15H17NOS/c1-15(13-5-3-2-4-6-13)11-17-14(9-16-15)12-7-8-18-10-12/h2-8,10,14,16H,9,11H2,1H3. The van der Waals surface area contributed by atoms with Crippen LogP contribution < -0.4 is 5.32 Å². The lowest BCUT2D eigenvalue weighted by atomic mass is 9.91. The van der Waals surface area contributed by atoms with E-state index in [0.717, 1.165) is 6.54 Å². The van der Waals surface area contributed by atoms with Crippen molar-refractivity contribution in [3.05, 3.63) is 58.3 Å². The van der Waals surface area contributed by atoms with E-state index in [1.807, 2.05) is 6.07 Å². The summed E-state index contributed by atoms with van der Waals surface area (Å²) in [6.45, 7) is 3.77. The second-order valence-corrected chi connectivity index (χ2v) is 5.72. The van der Waals surface area contributed by atoms with Crippen molar-refractivity contribution in [3.8, 4) is 0 Å². The molecule has 0 spiro atoms. The number of morpholine rings is 1. The predicted octanol–water partition coefficient (Wildman–Crippen LogP) is 3.32. The second-order valence-electron chi connectivity index (χ2n) is 4.94. The van der Waals surface area contributed by atoms with Crippen molar-refractivity contribution in [2.45, 2.75) is 18.6 Å². The Hall–Kier alpha value is -1.16. The largest absolute Gasteiger partial charge is 0.370 e. The number of hydrogen-bond acceptors (Lipinski definition) is 3. The van der Waals surface area contributed by atoms with Crippen LogP contribution in [0.25, 0.3) is 0 Å². The highest BCUT2D eigenvalue weighted by Gasteiger charge is 2.33. The molecule has 2 atom stereocenters. The molecule has 3 heteroatoms. The van der Waals surface area contributed by atoms with Crippen LogP contribution in [0.1, 0.15) is 24.2 Å². The second kappa shape index (κ2) is 4.84. The van der Waals surface area contributed by atoms with Crippen LogP contribution >= 0.6 is 11.3 Å². The van der Waals surface area contributed by atoms with E-state index in [1.54, 1.807) is 11.3 Å². The minimum atomic E-state index is -0.0756. The van der Waals surface area contributed by atoms with Crippen molar-refractivity contribution < 1.29 is 4.74 Å². The Kier molecular flexibility index (Phi) is 3.20. The zero-order chi connectivity index (χ0) is 12.4. The highest BCUT2D eigenvalue weighted by Crippen LogP contribution is 2.30. The molecule has 2 aromatic rings. The molecule has 0 radical (unpaired) electrons. The van der Waals surface area contributed by atoms with Crippen LogP contribution in [0.4, 0.5) is 0 Å². The van der Waals surface area contributed by atoms with Crippen molar-refractivity contribution in [1.82, 2.24) is 5.32 Å². The number of thiophene rings is 1. The highest BCUT2D eigenvalue weighted by atomic mass is 32.1. The Balaban J connectivity index is 1.73. The van der Waals surface area contributed by atoms with Crippen LogP contribution in [-0.2, 0) is 10.3 Å². The smallest absolute Gasteiger partial charge is 0.0958 e. The molecule has 2 heterocycles. The first-order valence-electron chi connectivity index (χ1n) is 6.22. The molecule has 0 saturated carbocycles. The van der Waals surface area contributed by atoms with Crippen LogP contribution in [0, 0.1) is 0 Å². The Morgan fingerprint density at radius 1 is 1.28 bits per heavy atom. The third kappa shape index (κ3) is 2.21. The van der Waals surface area contributed by atoms with Gasteiger partial charge in [0.05, 0.1) is 18.2 Å². The molecule has 2 nitrogen and oxygen atoms in total. The fourth-order valence-electron chi connectivity index (χ4n) is 2.36. The van der Waals surface area contributed by atoms with Crippen LogP contribution in [0.15, 0.2) is 47.2 Å². The summed E-state index contributed by atoms with van der Waals surface area (Å²) in [5, 5.41) is 7.89. The molecule has 1 N–H and O–H groups in total. The number of benzene rings is 1. The molecule has 94 valence electrons. The minimum absolute atomic E-state index is 0.0756. The molecule has 2 unspecified atom stereocenters. The maximum absolute atomic E-state index is 6.04.